The first-order valence-corrected chi connectivity index (χ1v) is 7.94. The van der Waals surface area contributed by atoms with Gasteiger partial charge in [0.1, 0.15) is 5.75 Å². The topological polar surface area (TPSA) is 38.8 Å². The monoisotopic (exact) mass is 289 g/mol. The highest BCUT2D eigenvalue weighted by atomic mass is 16.5. The van der Waals surface area contributed by atoms with Gasteiger partial charge in [-0.05, 0) is 49.9 Å². The van der Waals surface area contributed by atoms with Gasteiger partial charge in [0.2, 0.25) is 0 Å². The van der Waals surface area contributed by atoms with Crippen LogP contribution in [0.4, 0.5) is 0 Å². The zero-order chi connectivity index (χ0) is 14.7. The summed E-state index contributed by atoms with van der Waals surface area (Å²) in [6.45, 7) is 4.99. The lowest BCUT2D eigenvalue weighted by atomic mass is 10.1. The number of nitrogens with zero attached hydrogens (tertiary/aromatic N) is 1. The van der Waals surface area contributed by atoms with Crippen molar-refractivity contribution in [2.75, 3.05) is 26.3 Å². The molecule has 1 amide bonds. The third kappa shape index (κ3) is 3.21. The highest BCUT2D eigenvalue weighted by molar-refractivity contribution is 5.94. The number of rotatable bonds is 4. The average molecular weight is 289 g/mol. The minimum Gasteiger partial charge on any atom is -0.493 e. The number of hydrogen-bond acceptors (Lipinski definition) is 3. The Kier molecular flexibility index (Phi) is 4.44. The minimum absolute atomic E-state index is 0.0985. The smallest absolute Gasteiger partial charge is 0.253 e. The second-order valence-corrected chi connectivity index (χ2v) is 5.75. The first-order chi connectivity index (χ1) is 10.3. The number of benzene rings is 1. The van der Waals surface area contributed by atoms with Crippen molar-refractivity contribution in [3.8, 4) is 5.75 Å². The molecule has 4 heteroatoms. The van der Waals surface area contributed by atoms with E-state index in [1.54, 1.807) is 0 Å². The maximum Gasteiger partial charge on any atom is 0.253 e. The maximum absolute atomic E-state index is 12.7. The van der Waals surface area contributed by atoms with E-state index >= 15 is 0 Å². The molecule has 1 saturated heterocycles. The molecule has 2 heterocycles. The fourth-order valence-electron chi connectivity index (χ4n) is 3.05. The quantitative estimate of drug-likeness (QED) is 0.855. The second-order valence-electron chi connectivity index (χ2n) is 5.75. The van der Waals surface area contributed by atoms with Gasteiger partial charge in [-0.15, -0.1) is 0 Å². The van der Waals surface area contributed by atoms with Crippen LogP contribution in [0.15, 0.2) is 18.2 Å². The number of likely N-dealkylation sites (N-methyl/N-ethyl adjacent to an activating group) is 1. The number of hydrogen-bond donors (Lipinski definition) is 0. The highest BCUT2D eigenvalue weighted by Gasteiger charge is 2.22. The summed E-state index contributed by atoms with van der Waals surface area (Å²) in [7, 11) is 0. The van der Waals surface area contributed by atoms with Gasteiger partial charge in [-0.1, -0.05) is 0 Å². The SMILES string of the molecule is CCN(C[C@H]1CCCCO1)C(=O)c1ccc2c(c1)CCO2. The number of ether oxygens (including phenoxy) is 2. The molecule has 0 unspecified atom stereocenters. The van der Waals surface area contributed by atoms with Gasteiger partial charge < -0.3 is 14.4 Å². The number of carbonyl (C=O) groups excluding carboxylic acids is 1. The standard InChI is InChI=1S/C17H23NO3/c1-2-18(12-15-5-3-4-9-20-15)17(19)14-6-7-16-13(11-14)8-10-21-16/h6-7,11,15H,2-5,8-10,12H2,1H3/t15-/m1/s1. The third-order valence-corrected chi connectivity index (χ3v) is 4.30. The molecule has 0 aliphatic carbocycles. The summed E-state index contributed by atoms with van der Waals surface area (Å²) >= 11 is 0. The zero-order valence-electron chi connectivity index (χ0n) is 12.6. The maximum atomic E-state index is 12.7. The summed E-state index contributed by atoms with van der Waals surface area (Å²) in [6.07, 6.45) is 4.49. The Hall–Kier alpha value is -1.55. The Labute approximate surface area is 126 Å². The van der Waals surface area contributed by atoms with Crippen molar-refractivity contribution in [3.63, 3.8) is 0 Å². The molecule has 0 N–H and O–H groups in total. The van der Waals surface area contributed by atoms with Gasteiger partial charge in [-0.3, -0.25) is 4.79 Å². The van der Waals surface area contributed by atoms with Crippen molar-refractivity contribution < 1.29 is 14.3 Å². The van der Waals surface area contributed by atoms with E-state index in [-0.39, 0.29) is 12.0 Å². The van der Waals surface area contributed by atoms with Gasteiger partial charge in [0, 0.05) is 31.7 Å². The van der Waals surface area contributed by atoms with E-state index in [1.165, 1.54) is 6.42 Å². The lowest BCUT2D eigenvalue weighted by Gasteiger charge is -2.29. The van der Waals surface area contributed by atoms with Gasteiger partial charge in [-0.2, -0.15) is 0 Å². The van der Waals surface area contributed by atoms with Gasteiger partial charge in [0.15, 0.2) is 0 Å². The van der Waals surface area contributed by atoms with Gasteiger partial charge in [-0.25, -0.2) is 0 Å². The lowest BCUT2D eigenvalue weighted by Crippen LogP contribution is -2.39. The molecule has 4 nitrogen and oxygen atoms in total. The molecule has 0 bridgehead atoms. The largest absolute Gasteiger partial charge is 0.493 e. The Balaban J connectivity index is 1.69. The predicted octanol–water partition coefficient (Wildman–Crippen LogP) is 2.65. The lowest BCUT2D eigenvalue weighted by molar-refractivity contribution is -0.00311. The van der Waals surface area contributed by atoms with Crippen LogP contribution in [0, 0.1) is 0 Å². The Morgan fingerprint density at radius 3 is 3.00 bits per heavy atom. The summed E-state index contributed by atoms with van der Waals surface area (Å²) in [5, 5.41) is 0. The van der Waals surface area contributed by atoms with Crippen LogP contribution in [0.2, 0.25) is 0 Å². The van der Waals surface area contributed by atoms with Crippen molar-refractivity contribution in [2.45, 2.75) is 38.7 Å². The van der Waals surface area contributed by atoms with Crippen LogP contribution in [0.5, 0.6) is 5.75 Å². The van der Waals surface area contributed by atoms with Crippen LogP contribution >= 0.6 is 0 Å². The summed E-state index contributed by atoms with van der Waals surface area (Å²) in [5.74, 6) is 1.02. The van der Waals surface area contributed by atoms with Crippen molar-refractivity contribution >= 4 is 5.91 Å². The molecule has 0 radical (unpaired) electrons. The predicted molar refractivity (Wildman–Crippen MR) is 80.8 cm³/mol. The van der Waals surface area contributed by atoms with E-state index in [2.05, 4.69) is 0 Å². The molecule has 2 aliphatic heterocycles. The molecule has 3 rings (SSSR count). The van der Waals surface area contributed by atoms with Crippen LogP contribution in [-0.2, 0) is 11.2 Å². The molecule has 0 aromatic heterocycles. The van der Waals surface area contributed by atoms with E-state index < -0.39 is 0 Å². The molecule has 1 aromatic rings. The van der Waals surface area contributed by atoms with Crippen LogP contribution in [0.1, 0.15) is 42.1 Å². The Morgan fingerprint density at radius 1 is 1.33 bits per heavy atom. The van der Waals surface area contributed by atoms with E-state index in [9.17, 15) is 4.79 Å². The first kappa shape index (κ1) is 14.4. The Morgan fingerprint density at radius 2 is 2.24 bits per heavy atom. The Bertz CT molecular complexity index is 509. The molecular formula is C17H23NO3. The summed E-state index contributed by atoms with van der Waals surface area (Å²) < 4.78 is 11.3. The molecule has 0 saturated carbocycles. The molecule has 1 aromatic carbocycles. The van der Waals surface area contributed by atoms with Crippen LogP contribution in [0.3, 0.4) is 0 Å². The highest BCUT2D eigenvalue weighted by Crippen LogP contribution is 2.26. The fraction of sp³-hybridized carbons (Fsp3) is 0.588. The summed E-state index contributed by atoms with van der Waals surface area (Å²) in [6, 6.07) is 5.77. The van der Waals surface area contributed by atoms with Gasteiger partial charge >= 0.3 is 0 Å². The number of fused-ring (bicyclic) bond motifs is 1. The van der Waals surface area contributed by atoms with Crippen molar-refractivity contribution in [3.05, 3.63) is 29.3 Å². The first-order valence-electron chi connectivity index (χ1n) is 7.94. The second kappa shape index (κ2) is 6.48. The summed E-state index contributed by atoms with van der Waals surface area (Å²) in [5.41, 5.74) is 1.91. The molecule has 21 heavy (non-hydrogen) atoms. The van der Waals surface area contributed by atoms with E-state index in [0.717, 1.165) is 49.4 Å². The number of amides is 1. The van der Waals surface area contributed by atoms with Crippen molar-refractivity contribution in [1.82, 2.24) is 4.90 Å². The zero-order valence-corrected chi connectivity index (χ0v) is 12.6. The van der Waals surface area contributed by atoms with Crippen LogP contribution < -0.4 is 4.74 Å². The van der Waals surface area contributed by atoms with E-state index in [1.807, 2.05) is 30.0 Å². The van der Waals surface area contributed by atoms with Crippen LogP contribution in [-0.4, -0.2) is 43.2 Å². The third-order valence-electron chi connectivity index (χ3n) is 4.30. The molecule has 114 valence electrons. The normalized spacial score (nSPS) is 20.7. The molecule has 0 spiro atoms. The fourth-order valence-corrected chi connectivity index (χ4v) is 3.05. The average Bonchev–Trinajstić information content (AvgIpc) is 3.00. The molecule has 1 fully saturated rings. The van der Waals surface area contributed by atoms with Gasteiger partial charge in [0.25, 0.3) is 5.91 Å². The van der Waals surface area contributed by atoms with Crippen LogP contribution in [0.25, 0.3) is 0 Å². The minimum atomic E-state index is 0.0985. The van der Waals surface area contributed by atoms with E-state index in [4.69, 9.17) is 9.47 Å². The molecule has 2 aliphatic rings. The van der Waals surface area contributed by atoms with Crippen molar-refractivity contribution in [2.24, 2.45) is 0 Å². The number of carbonyl (C=O) groups is 1. The molecular weight excluding hydrogens is 266 g/mol. The van der Waals surface area contributed by atoms with E-state index in [0.29, 0.717) is 13.1 Å². The van der Waals surface area contributed by atoms with Gasteiger partial charge in [0.05, 0.1) is 12.7 Å². The van der Waals surface area contributed by atoms with Crippen molar-refractivity contribution in [1.29, 1.82) is 0 Å². The summed E-state index contributed by atoms with van der Waals surface area (Å²) in [4.78, 5) is 14.6. The molecule has 1 atom stereocenters.